The van der Waals surface area contributed by atoms with Crippen LogP contribution in [0, 0.1) is 0 Å². The quantitative estimate of drug-likeness (QED) is 0.855. The summed E-state index contributed by atoms with van der Waals surface area (Å²) in [6, 6.07) is 11.7. The monoisotopic (exact) mass is 264 g/mol. The molecule has 18 heavy (non-hydrogen) atoms. The van der Waals surface area contributed by atoms with Crippen LogP contribution in [0.25, 0.3) is 0 Å². The first-order chi connectivity index (χ1) is 8.75. The SMILES string of the molecule is CN(CC(N)CCc1ccccc1)C1CCSC1. The van der Waals surface area contributed by atoms with Crippen LogP contribution in [0.4, 0.5) is 0 Å². The van der Waals surface area contributed by atoms with Crippen LogP contribution >= 0.6 is 11.8 Å². The highest BCUT2D eigenvalue weighted by Crippen LogP contribution is 2.21. The lowest BCUT2D eigenvalue weighted by Crippen LogP contribution is -2.41. The lowest BCUT2D eigenvalue weighted by molar-refractivity contribution is 0.243. The molecule has 2 unspecified atom stereocenters. The van der Waals surface area contributed by atoms with Gasteiger partial charge in [0, 0.05) is 24.4 Å². The molecule has 1 saturated heterocycles. The predicted molar refractivity (Wildman–Crippen MR) is 81.1 cm³/mol. The molecule has 1 heterocycles. The summed E-state index contributed by atoms with van der Waals surface area (Å²) in [5, 5.41) is 0. The Morgan fingerprint density at radius 3 is 2.83 bits per heavy atom. The first kappa shape index (κ1) is 13.9. The van der Waals surface area contributed by atoms with Crippen molar-refractivity contribution in [2.45, 2.75) is 31.3 Å². The fourth-order valence-electron chi connectivity index (χ4n) is 2.48. The highest BCUT2D eigenvalue weighted by molar-refractivity contribution is 7.99. The average molecular weight is 264 g/mol. The van der Waals surface area contributed by atoms with E-state index in [0.717, 1.165) is 25.4 Å². The van der Waals surface area contributed by atoms with Crippen LogP contribution in [0.15, 0.2) is 30.3 Å². The molecular weight excluding hydrogens is 240 g/mol. The summed E-state index contributed by atoms with van der Waals surface area (Å²) in [7, 11) is 2.22. The van der Waals surface area contributed by atoms with Crippen molar-refractivity contribution < 1.29 is 0 Å². The molecule has 0 aromatic heterocycles. The number of benzene rings is 1. The summed E-state index contributed by atoms with van der Waals surface area (Å²) in [5.41, 5.74) is 7.64. The maximum Gasteiger partial charge on any atom is 0.0191 e. The number of hydrogen-bond acceptors (Lipinski definition) is 3. The van der Waals surface area contributed by atoms with E-state index in [-0.39, 0.29) is 0 Å². The van der Waals surface area contributed by atoms with Crippen molar-refractivity contribution in [1.29, 1.82) is 0 Å². The second kappa shape index (κ2) is 7.17. The van der Waals surface area contributed by atoms with Crippen LogP contribution < -0.4 is 5.73 Å². The Kier molecular flexibility index (Phi) is 5.54. The maximum atomic E-state index is 6.24. The molecule has 0 bridgehead atoms. The number of rotatable bonds is 6. The zero-order valence-electron chi connectivity index (χ0n) is 11.2. The molecule has 0 radical (unpaired) electrons. The zero-order chi connectivity index (χ0) is 12.8. The van der Waals surface area contributed by atoms with E-state index in [0.29, 0.717) is 6.04 Å². The summed E-state index contributed by atoms with van der Waals surface area (Å²) < 4.78 is 0. The van der Waals surface area contributed by atoms with Gasteiger partial charge in [0.05, 0.1) is 0 Å². The molecule has 1 aromatic carbocycles. The molecule has 2 rings (SSSR count). The van der Waals surface area contributed by atoms with E-state index >= 15 is 0 Å². The summed E-state index contributed by atoms with van der Waals surface area (Å²) in [6.07, 6.45) is 3.50. The van der Waals surface area contributed by atoms with Gasteiger partial charge in [-0.05, 0) is 37.6 Å². The van der Waals surface area contributed by atoms with Gasteiger partial charge in [0.1, 0.15) is 0 Å². The van der Waals surface area contributed by atoms with Gasteiger partial charge in [0.15, 0.2) is 0 Å². The second-order valence-corrected chi connectivity index (χ2v) is 6.39. The summed E-state index contributed by atoms with van der Waals surface area (Å²) in [5.74, 6) is 2.59. The van der Waals surface area contributed by atoms with Gasteiger partial charge in [-0.25, -0.2) is 0 Å². The number of hydrogen-bond donors (Lipinski definition) is 1. The Hall–Kier alpha value is -0.510. The molecule has 2 nitrogen and oxygen atoms in total. The van der Waals surface area contributed by atoms with Gasteiger partial charge in [-0.3, -0.25) is 0 Å². The minimum Gasteiger partial charge on any atom is -0.327 e. The minimum absolute atomic E-state index is 0.292. The third-order valence-corrected chi connectivity index (χ3v) is 4.84. The van der Waals surface area contributed by atoms with Crippen LogP contribution in [0.2, 0.25) is 0 Å². The molecule has 0 spiro atoms. The normalized spacial score (nSPS) is 21.4. The fourth-order valence-corrected chi connectivity index (χ4v) is 3.78. The number of thioether (sulfide) groups is 1. The number of likely N-dealkylation sites (N-methyl/N-ethyl adjacent to an activating group) is 1. The van der Waals surface area contributed by atoms with Crippen LogP contribution in [0.3, 0.4) is 0 Å². The molecule has 0 aliphatic carbocycles. The molecular formula is C15H24N2S. The highest BCUT2D eigenvalue weighted by Gasteiger charge is 2.21. The number of nitrogens with zero attached hydrogens (tertiary/aromatic N) is 1. The van der Waals surface area contributed by atoms with Crippen LogP contribution in [-0.2, 0) is 6.42 Å². The molecule has 2 N–H and O–H groups in total. The molecule has 0 amide bonds. The average Bonchev–Trinajstić information content (AvgIpc) is 2.91. The molecule has 1 aliphatic heterocycles. The predicted octanol–water partition coefficient (Wildman–Crippen LogP) is 2.38. The van der Waals surface area contributed by atoms with Crippen LogP contribution in [0.5, 0.6) is 0 Å². The van der Waals surface area contributed by atoms with Crippen molar-refractivity contribution in [3.8, 4) is 0 Å². The fraction of sp³-hybridized carbons (Fsp3) is 0.600. The smallest absolute Gasteiger partial charge is 0.0191 e. The Morgan fingerprint density at radius 2 is 2.17 bits per heavy atom. The Labute approximate surface area is 115 Å². The van der Waals surface area contributed by atoms with Crippen molar-refractivity contribution in [2.75, 3.05) is 25.1 Å². The van der Waals surface area contributed by atoms with Gasteiger partial charge >= 0.3 is 0 Å². The minimum atomic E-state index is 0.292. The van der Waals surface area contributed by atoms with E-state index in [1.807, 2.05) is 0 Å². The molecule has 0 saturated carbocycles. The lowest BCUT2D eigenvalue weighted by atomic mass is 10.0. The van der Waals surface area contributed by atoms with E-state index in [1.54, 1.807) is 0 Å². The van der Waals surface area contributed by atoms with E-state index in [2.05, 4.69) is 54.0 Å². The number of aryl methyl sites for hydroxylation is 1. The molecule has 1 aliphatic rings. The van der Waals surface area contributed by atoms with Gasteiger partial charge in [-0.2, -0.15) is 11.8 Å². The van der Waals surface area contributed by atoms with Crippen molar-refractivity contribution in [1.82, 2.24) is 4.90 Å². The first-order valence-electron chi connectivity index (χ1n) is 6.83. The molecule has 100 valence electrons. The van der Waals surface area contributed by atoms with Crippen LogP contribution in [0.1, 0.15) is 18.4 Å². The molecule has 1 fully saturated rings. The Balaban J connectivity index is 1.70. The van der Waals surface area contributed by atoms with E-state index in [9.17, 15) is 0 Å². The van der Waals surface area contributed by atoms with E-state index in [1.165, 1.54) is 23.5 Å². The zero-order valence-corrected chi connectivity index (χ0v) is 12.0. The summed E-state index contributed by atoms with van der Waals surface area (Å²) >= 11 is 2.07. The van der Waals surface area contributed by atoms with Gasteiger partial charge < -0.3 is 10.6 Å². The maximum absolute atomic E-state index is 6.24. The van der Waals surface area contributed by atoms with Crippen LogP contribution in [-0.4, -0.2) is 42.1 Å². The molecule has 1 aromatic rings. The third-order valence-electron chi connectivity index (χ3n) is 3.70. The Bertz CT molecular complexity index is 336. The van der Waals surface area contributed by atoms with Crippen molar-refractivity contribution in [3.63, 3.8) is 0 Å². The summed E-state index contributed by atoms with van der Waals surface area (Å²) in [4.78, 5) is 2.45. The lowest BCUT2D eigenvalue weighted by Gasteiger charge is -2.26. The molecule has 2 atom stereocenters. The summed E-state index contributed by atoms with van der Waals surface area (Å²) in [6.45, 7) is 1.03. The van der Waals surface area contributed by atoms with Gasteiger partial charge in [-0.1, -0.05) is 30.3 Å². The first-order valence-corrected chi connectivity index (χ1v) is 7.98. The second-order valence-electron chi connectivity index (χ2n) is 5.24. The van der Waals surface area contributed by atoms with Gasteiger partial charge in [-0.15, -0.1) is 0 Å². The number of nitrogens with two attached hydrogens (primary N) is 1. The highest BCUT2D eigenvalue weighted by atomic mass is 32.2. The van der Waals surface area contributed by atoms with Gasteiger partial charge in [0.2, 0.25) is 0 Å². The third kappa shape index (κ3) is 4.30. The van der Waals surface area contributed by atoms with Crippen molar-refractivity contribution in [2.24, 2.45) is 5.73 Å². The van der Waals surface area contributed by atoms with E-state index in [4.69, 9.17) is 5.73 Å². The molecule has 3 heteroatoms. The van der Waals surface area contributed by atoms with Gasteiger partial charge in [0.25, 0.3) is 0 Å². The standard InChI is InChI=1S/C15H24N2S/c1-17(15-9-10-18-12-15)11-14(16)8-7-13-5-3-2-4-6-13/h2-6,14-15H,7-12,16H2,1H3. The largest absolute Gasteiger partial charge is 0.327 e. The van der Waals surface area contributed by atoms with E-state index < -0.39 is 0 Å². The van der Waals surface area contributed by atoms with Crippen molar-refractivity contribution in [3.05, 3.63) is 35.9 Å². The van der Waals surface area contributed by atoms with Crippen molar-refractivity contribution >= 4 is 11.8 Å². The topological polar surface area (TPSA) is 29.3 Å². The Morgan fingerprint density at radius 1 is 1.39 bits per heavy atom.